The molecule has 1 amide bonds. The number of carbonyl (C=O) groups excluding carboxylic acids is 2. The molecule has 0 unspecified atom stereocenters. The second kappa shape index (κ2) is 10.4. The summed E-state index contributed by atoms with van der Waals surface area (Å²) in [4.78, 5) is 33.2. The van der Waals surface area contributed by atoms with E-state index in [1.165, 1.54) is 6.21 Å². The van der Waals surface area contributed by atoms with Crippen molar-refractivity contribution in [1.82, 2.24) is 9.80 Å². The van der Waals surface area contributed by atoms with Gasteiger partial charge in [-0.25, -0.2) is 0 Å². The van der Waals surface area contributed by atoms with Gasteiger partial charge < -0.3 is 10.4 Å². The van der Waals surface area contributed by atoms with Crippen LogP contribution in [0.15, 0.2) is 40.6 Å². The third-order valence-corrected chi connectivity index (χ3v) is 5.87. The summed E-state index contributed by atoms with van der Waals surface area (Å²) in [6.45, 7) is 9.05. The number of nitrogens with one attached hydrogen (secondary N) is 1. The number of nitrogens with zero attached hydrogens (tertiary/aromatic N) is 3. The number of allylic oxidation sites excluding steroid dienone is 2. The molecule has 1 aliphatic carbocycles. The Hall–Kier alpha value is -2.22. The molecule has 0 bridgehead atoms. The fourth-order valence-electron chi connectivity index (χ4n) is 3.91. The average Bonchev–Trinajstić information content (AvgIpc) is 2.69. The van der Waals surface area contributed by atoms with Gasteiger partial charge in [0.15, 0.2) is 5.78 Å². The van der Waals surface area contributed by atoms with Crippen molar-refractivity contribution < 1.29 is 14.7 Å². The van der Waals surface area contributed by atoms with Crippen LogP contribution in [0.2, 0.25) is 5.02 Å². The highest BCUT2D eigenvalue weighted by Gasteiger charge is 2.32. The lowest BCUT2D eigenvalue weighted by molar-refractivity contribution is -0.118. The molecule has 0 spiro atoms. The Morgan fingerprint density at radius 3 is 2.45 bits per heavy atom. The standard InChI is InChI=1S/C23H31ClN4O3/c1-23(2)13-20(29)19(21(30)14-23)15-25-7-8-27-9-11-28(12-10-27)16-22(31)26-18-5-3-17(24)4-6-18/h3-6,15,29H,7-14,16H2,1-2H3,(H,26,31). The smallest absolute Gasteiger partial charge is 0.238 e. The molecule has 1 aromatic rings. The number of rotatable bonds is 7. The van der Waals surface area contributed by atoms with Crippen LogP contribution in [0.5, 0.6) is 0 Å². The van der Waals surface area contributed by atoms with Gasteiger partial charge in [0.25, 0.3) is 0 Å². The van der Waals surface area contributed by atoms with E-state index >= 15 is 0 Å². The number of ketones is 1. The Morgan fingerprint density at radius 2 is 1.81 bits per heavy atom. The van der Waals surface area contributed by atoms with Gasteiger partial charge >= 0.3 is 0 Å². The number of aliphatic hydroxyl groups excluding tert-OH is 1. The molecule has 168 valence electrons. The van der Waals surface area contributed by atoms with Gasteiger partial charge in [0, 0.05) is 62.5 Å². The first kappa shape index (κ1) is 23.4. The van der Waals surface area contributed by atoms with Crippen LogP contribution in [0.4, 0.5) is 5.69 Å². The monoisotopic (exact) mass is 446 g/mol. The summed E-state index contributed by atoms with van der Waals surface area (Å²) in [5.74, 6) is 0.0762. The summed E-state index contributed by atoms with van der Waals surface area (Å²) in [6.07, 6.45) is 2.48. The SMILES string of the molecule is CC1(C)CC(=O)C(C=NCCN2CCN(CC(=O)Nc3ccc(Cl)cc3)CC2)=C(O)C1. The highest BCUT2D eigenvalue weighted by atomic mass is 35.5. The van der Waals surface area contributed by atoms with E-state index in [9.17, 15) is 14.7 Å². The third kappa shape index (κ3) is 7.16. The summed E-state index contributed by atoms with van der Waals surface area (Å²) in [7, 11) is 0. The van der Waals surface area contributed by atoms with Gasteiger partial charge in [-0.15, -0.1) is 0 Å². The Morgan fingerprint density at radius 1 is 1.16 bits per heavy atom. The number of aliphatic hydroxyl groups is 1. The van der Waals surface area contributed by atoms with Crippen molar-refractivity contribution in [3.05, 3.63) is 40.6 Å². The summed E-state index contributed by atoms with van der Waals surface area (Å²) in [5.41, 5.74) is 0.909. The van der Waals surface area contributed by atoms with E-state index in [0.29, 0.717) is 36.5 Å². The molecule has 0 radical (unpaired) electrons. The Bertz CT molecular complexity index is 856. The van der Waals surface area contributed by atoms with Crippen molar-refractivity contribution in [1.29, 1.82) is 0 Å². The van der Waals surface area contributed by atoms with Crippen molar-refractivity contribution in [3.63, 3.8) is 0 Å². The van der Waals surface area contributed by atoms with E-state index in [1.807, 2.05) is 13.8 Å². The minimum absolute atomic E-state index is 0.0335. The number of aliphatic imine (C=N–C) groups is 1. The third-order valence-electron chi connectivity index (χ3n) is 5.62. The van der Waals surface area contributed by atoms with Crippen molar-refractivity contribution >= 4 is 35.2 Å². The predicted octanol–water partition coefficient (Wildman–Crippen LogP) is 3.17. The second-order valence-corrected chi connectivity index (χ2v) is 9.45. The lowest BCUT2D eigenvalue weighted by Crippen LogP contribution is -2.49. The molecule has 2 N–H and O–H groups in total. The summed E-state index contributed by atoms with van der Waals surface area (Å²) in [5, 5.41) is 13.7. The molecular weight excluding hydrogens is 416 g/mol. The van der Waals surface area contributed by atoms with E-state index in [1.54, 1.807) is 24.3 Å². The maximum Gasteiger partial charge on any atom is 0.238 e. The van der Waals surface area contributed by atoms with E-state index < -0.39 is 0 Å². The molecule has 7 nitrogen and oxygen atoms in total. The summed E-state index contributed by atoms with van der Waals surface area (Å²) < 4.78 is 0. The fourth-order valence-corrected chi connectivity index (χ4v) is 4.04. The van der Waals surface area contributed by atoms with E-state index in [4.69, 9.17) is 11.6 Å². The fraction of sp³-hybridized carbons (Fsp3) is 0.522. The second-order valence-electron chi connectivity index (χ2n) is 9.01. The minimum atomic E-state index is -0.191. The summed E-state index contributed by atoms with van der Waals surface area (Å²) in [6, 6.07) is 7.08. The van der Waals surface area contributed by atoms with Gasteiger partial charge in [0.05, 0.1) is 18.7 Å². The maximum atomic E-state index is 12.2. The number of hydrogen-bond acceptors (Lipinski definition) is 6. The number of halogens is 1. The molecule has 0 atom stereocenters. The lowest BCUT2D eigenvalue weighted by atomic mass is 9.77. The van der Waals surface area contributed by atoms with Gasteiger partial charge in [0.1, 0.15) is 5.76 Å². The first-order chi connectivity index (χ1) is 14.7. The minimum Gasteiger partial charge on any atom is -0.511 e. The predicted molar refractivity (Wildman–Crippen MR) is 124 cm³/mol. The van der Waals surface area contributed by atoms with Gasteiger partial charge in [-0.3, -0.25) is 24.4 Å². The number of benzene rings is 1. The van der Waals surface area contributed by atoms with Crippen molar-refractivity contribution in [2.45, 2.75) is 26.7 Å². The molecule has 2 aliphatic rings. The van der Waals surface area contributed by atoms with Gasteiger partial charge in [-0.2, -0.15) is 0 Å². The molecule has 31 heavy (non-hydrogen) atoms. The molecule has 3 rings (SSSR count). The molecule has 1 heterocycles. The molecule has 1 aliphatic heterocycles. The van der Waals surface area contributed by atoms with Crippen LogP contribution in [-0.2, 0) is 9.59 Å². The van der Waals surface area contributed by atoms with Crippen LogP contribution in [0, 0.1) is 5.41 Å². The molecule has 0 saturated carbocycles. The Labute approximate surface area is 188 Å². The van der Waals surface area contributed by atoms with Crippen molar-refractivity contribution in [2.24, 2.45) is 10.4 Å². The largest absolute Gasteiger partial charge is 0.511 e. The average molecular weight is 447 g/mol. The number of hydrogen-bond donors (Lipinski definition) is 2. The quantitative estimate of drug-likeness (QED) is 0.628. The van der Waals surface area contributed by atoms with Crippen LogP contribution in [0.3, 0.4) is 0 Å². The molecular formula is C23H31ClN4O3. The van der Waals surface area contributed by atoms with E-state index in [2.05, 4.69) is 20.1 Å². The zero-order valence-electron chi connectivity index (χ0n) is 18.2. The van der Waals surface area contributed by atoms with E-state index in [-0.39, 0.29) is 22.9 Å². The molecule has 8 heteroatoms. The number of piperazine rings is 1. The van der Waals surface area contributed by atoms with Crippen LogP contribution < -0.4 is 5.32 Å². The number of amides is 1. The summed E-state index contributed by atoms with van der Waals surface area (Å²) >= 11 is 5.86. The zero-order valence-corrected chi connectivity index (χ0v) is 19.0. The van der Waals surface area contributed by atoms with Gasteiger partial charge in [-0.1, -0.05) is 25.4 Å². The van der Waals surface area contributed by atoms with Crippen LogP contribution in [0.25, 0.3) is 0 Å². The van der Waals surface area contributed by atoms with Crippen molar-refractivity contribution in [2.75, 3.05) is 51.1 Å². The maximum absolute atomic E-state index is 12.2. The van der Waals surface area contributed by atoms with Gasteiger partial charge in [0.2, 0.25) is 5.91 Å². The first-order valence-electron chi connectivity index (χ1n) is 10.7. The highest BCUT2D eigenvalue weighted by molar-refractivity contribution is 6.30. The van der Waals surface area contributed by atoms with Crippen molar-refractivity contribution in [3.8, 4) is 0 Å². The molecule has 1 saturated heterocycles. The first-order valence-corrected chi connectivity index (χ1v) is 11.0. The number of anilines is 1. The lowest BCUT2D eigenvalue weighted by Gasteiger charge is -2.33. The Kier molecular flexibility index (Phi) is 7.86. The normalized spacial score (nSPS) is 20.4. The van der Waals surface area contributed by atoms with Gasteiger partial charge in [-0.05, 0) is 29.7 Å². The number of Topliss-reactive ketones (excluding diaryl/α,β-unsaturated/α-hetero) is 1. The highest BCUT2D eigenvalue weighted by Crippen LogP contribution is 2.35. The van der Waals surface area contributed by atoms with E-state index in [0.717, 1.165) is 38.4 Å². The Balaban J connectivity index is 1.36. The molecule has 0 aromatic heterocycles. The zero-order chi connectivity index (χ0) is 22.4. The topological polar surface area (TPSA) is 85.2 Å². The number of carbonyl (C=O) groups is 2. The molecule has 1 aromatic carbocycles. The molecule has 1 fully saturated rings. The van der Waals surface area contributed by atoms with Crippen LogP contribution in [0.1, 0.15) is 26.7 Å². The van der Waals surface area contributed by atoms with Crippen LogP contribution in [-0.4, -0.2) is 78.6 Å². The van der Waals surface area contributed by atoms with Crippen LogP contribution >= 0.6 is 11.6 Å².